The minimum absolute atomic E-state index is 0.0151. The highest BCUT2D eigenvalue weighted by atomic mass is 19.4. The van der Waals surface area contributed by atoms with Crippen LogP contribution >= 0.6 is 0 Å². The number of halogens is 6. The molecule has 0 atom stereocenters. The maximum atomic E-state index is 13.4. The minimum Gasteiger partial charge on any atom is -0.462 e. The molecule has 0 saturated carbocycles. The lowest BCUT2D eigenvalue weighted by atomic mass is 9.97. The molecule has 0 aliphatic rings. The highest BCUT2D eigenvalue weighted by molar-refractivity contribution is 5.90. The number of carbonyl (C=O) groups excluding carboxylic acids is 1. The van der Waals surface area contributed by atoms with E-state index in [0.29, 0.717) is 6.07 Å². The normalized spacial score (nSPS) is 12.0. The lowest BCUT2D eigenvalue weighted by molar-refractivity contribution is -0.274. The first-order valence-corrected chi connectivity index (χ1v) is 7.26. The molecule has 0 heterocycles. The zero-order chi connectivity index (χ0) is 19.5. The van der Waals surface area contributed by atoms with Gasteiger partial charge in [0.1, 0.15) is 5.75 Å². The first-order chi connectivity index (χ1) is 12.0. The second kappa shape index (κ2) is 7.27. The molecule has 0 fully saturated rings. The molecule has 9 heteroatoms. The van der Waals surface area contributed by atoms with Crippen LogP contribution in [-0.4, -0.2) is 18.9 Å². The van der Waals surface area contributed by atoms with E-state index in [1.54, 1.807) is 0 Å². The Balaban J connectivity index is 2.52. The van der Waals surface area contributed by atoms with E-state index in [4.69, 9.17) is 0 Å². The third-order valence-corrected chi connectivity index (χ3v) is 3.21. The highest BCUT2D eigenvalue weighted by Crippen LogP contribution is 2.39. The molecule has 3 nitrogen and oxygen atoms in total. The summed E-state index contributed by atoms with van der Waals surface area (Å²) in [6.45, 7) is 1.49. The molecular formula is C17H12F6O3. The molecule has 0 N–H and O–H groups in total. The van der Waals surface area contributed by atoms with Gasteiger partial charge in [-0.05, 0) is 42.3 Å². The number of ether oxygens (including phenoxy) is 2. The molecule has 26 heavy (non-hydrogen) atoms. The first-order valence-electron chi connectivity index (χ1n) is 7.26. The second-order valence-corrected chi connectivity index (χ2v) is 5.05. The van der Waals surface area contributed by atoms with Crippen molar-refractivity contribution in [3.63, 3.8) is 0 Å². The predicted molar refractivity (Wildman–Crippen MR) is 79.5 cm³/mol. The Hall–Kier alpha value is -2.71. The Labute approximate surface area is 144 Å². The lowest BCUT2D eigenvalue weighted by Crippen LogP contribution is -2.17. The molecule has 2 rings (SSSR count). The summed E-state index contributed by atoms with van der Waals surface area (Å²) in [5.74, 6) is -1.59. The summed E-state index contributed by atoms with van der Waals surface area (Å²) < 4.78 is 85.4. The molecule has 2 aromatic carbocycles. The Morgan fingerprint density at radius 2 is 1.69 bits per heavy atom. The van der Waals surface area contributed by atoms with Crippen molar-refractivity contribution in [2.45, 2.75) is 19.5 Å². The van der Waals surface area contributed by atoms with Gasteiger partial charge in [0, 0.05) is 0 Å². The smallest absolute Gasteiger partial charge is 0.462 e. The van der Waals surface area contributed by atoms with E-state index in [1.165, 1.54) is 13.0 Å². The topological polar surface area (TPSA) is 35.5 Å². The lowest BCUT2D eigenvalue weighted by Gasteiger charge is -2.16. The molecule has 0 spiro atoms. The first kappa shape index (κ1) is 19.6. The van der Waals surface area contributed by atoms with Crippen LogP contribution in [0.3, 0.4) is 0 Å². The van der Waals surface area contributed by atoms with Crippen molar-refractivity contribution in [1.29, 1.82) is 0 Å². The minimum atomic E-state index is -4.97. The van der Waals surface area contributed by atoms with Crippen molar-refractivity contribution in [2.75, 3.05) is 6.61 Å². The predicted octanol–water partition coefficient (Wildman–Crippen LogP) is 5.45. The maximum absolute atomic E-state index is 13.4. The van der Waals surface area contributed by atoms with Gasteiger partial charge in [-0.1, -0.05) is 18.2 Å². The molecule has 0 bridgehead atoms. The number of benzene rings is 2. The number of esters is 1. The quantitative estimate of drug-likeness (QED) is 0.524. The zero-order valence-electron chi connectivity index (χ0n) is 13.2. The Morgan fingerprint density at radius 3 is 2.27 bits per heavy atom. The summed E-state index contributed by atoms with van der Waals surface area (Å²) >= 11 is 0. The van der Waals surface area contributed by atoms with Crippen LogP contribution in [0.2, 0.25) is 0 Å². The van der Waals surface area contributed by atoms with Crippen LogP contribution in [0.5, 0.6) is 5.75 Å². The van der Waals surface area contributed by atoms with Crippen LogP contribution in [0.1, 0.15) is 22.8 Å². The van der Waals surface area contributed by atoms with Gasteiger partial charge in [-0.25, -0.2) is 4.79 Å². The summed E-state index contributed by atoms with van der Waals surface area (Å²) in [5.41, 5.74) is -2.02. The summed E-state index contributed by atoms with van der Waals surface area (Å²) in [6, 6.07) is 6.86. The molecule has 0 radical (unpaired) electrons. The van der Waals surface area contributed by atoms with Crippen LogP contribution in [-0.2, 0) is 10.9 Å². The van der Waals surface area contributed by atoms with E-state index in [-0.39, 0.29) is 17.7 Å². The number of rotatable bonds is 4. The third kappa shape index (κ3) is 4.90. The van der Waals surface area contributed by atoms with Gasteiger partial charge in [-0.3, -0.25) is 0 Å². The van der Waals surface area contributed by atoms with E-state index >= 15 is 0 Å². The SMILES string of the molecule is CCOC(=O)c1ccc(-c2cccc(OC(F)(F)F)c2)c(C(F)(F)F)c1. The fourth-order valence-corrected chi connectivity index (χ4v) is 2.23. The van der Waals surface area contributed by atoms with Crippen molar-refractivity contribution in [3.05, 3.63) is 53.6 Å². The van der Waals surface area contributed by atoms with Gasteiger partial charge < -0.3 is 9.47 Å². The Morgan fingerprint density at radius 1 is 1.00 bits per heavy atom. The van der Waals surface area contributed by atoms with Crippen molar-refractivity contribution >= 4 is 5.97 Å². The number of alkyl halides is 6. The van der Waals surface area contributed by atoms with E-state index in [1.807, 2.05) is 0 Å². The van der Waals surface area contributed by atoms with Gasteiger partial charge in [-0.15, -0.1) is 13.2 Å². The maximum Gasteiger partial charge on any atom is 0.573 e. The van der Waals surface area contributed by atoms with E-state index < -0.39 is 35.4 Å². The second-order valence-electron chi connectivity index (χ2n) is 5.05. The van der Waals surface area contributed by atoms with E-state index in [2.05, 4.69) is 9.47 Å². The van der Waals surface area contributed by atoms with Crippen LogP contribution in [0.15, 0.2) is 42.5 Å². The Bertz CT molecular complexity index is 796. The standard InChI is InChI=1S/C17H12F6O3/c1-2-25-15(24)11-6-7-13(14(9-11)16(18,19)20)10-4-3-5-12(8-10)26-17(21,22)23/h3-9H,2H2,1H3. The number of hydrogen-bond acceptors (Lipinski definition) is 3. The van der Waals surface area contributed by atoms with Crippen LogP contribution < -0.4 is 4.74 Å². The molecule has 140 valence electrons. The largest absolute Gasteiger partial charge is 0.573 e. The summed E-state index contributed by atoms with van der Waals surface area (Å²) in [6.07, 6.45) is -9.81. The average Bonchev–Trinajstić information content (AvgIpc) is 2.52. The summed E-state index contributed by atoms with van der Waals surface area (Å²) in [7, 11) is 0. The number of hydrogen-bond donors (Lipinski definition) is 0. The van der Waals surface area contributed by atoms with Crippen LogP contribution in [0, 0.1) is 0 Å². The third-order valence-electron chi connectivity index (χ3n) is 3.21. The molecular weight excluding hydrogens is 366 g/mol. The number of carbonyl (C=O) groups is 1. The molecule has 0 aromatic heterocycles. The molecule has 2 aromatic rings. The fraction of sp³-hybridized carbons (Fsp3) is 0.235. The monoisotopic (exact) mass is 378 g/mol. The van der Waals surface area contributed by atoms with Crippen molar-refractivity contribution in [3.8, 4) is 16.9 Å². The summed E-state index contributed by atoms with van der Waals surface area (Å²) in [5, 5.41) is 0. The molecule has 0 aliphatic heterocycles. The van der Waals surface area contributed by atoms with Gasteiger partial charge in [0.15, 0.2) is 0 Å². The van der Waals surface area contributed by atoms with Crippen molar-refractivity contribution in [2.24, 2.45) is 0 Å². The van der Waals surface area contributed by atoms with Gasteiger partial charge in [0.25, 0.3) is 0 Å². The molecule has 0 saturated heterocycles. The fourth-order valence-electron chi connectivity index (χ4n) is 2.23. The Kier molecular flexibility index (Phi) is 5.48. The highest BCUT2D eigenvalue weighted by Gasteiger charge is 2.35. The van der Waals surface area contributed by atoms with Crippen molar-refractivity contribution < 1.29 is 40.6 Å². The van der Waals surface area contributed by atoms with Crippen LogP contribution in [0.4, 0.5) is 26.3 Å². The average molecular weight is 378 g/mol. The van der Waals surface area contributed by atoms with E-state index in [0.717, 1.165) is 30.3 Å². The van der Waals surface area contributed by atoms with Gasteiger partial charge >= 0.3 is 18.5 Å². The summed E-state index contributed by atoms with van der Waals surface area (Å²) in [4.78, 5) is 11.6. The van der Waals surface area contributed by atoms with Gasteiger partial charge in [0.2, 0.25) is 0 Å². The molecule has 0 unspecified atom stereocenters. The van der Waals surface area contributed by atoms with E-state index in [9.17, 15) is 31.1 Å². The zero-order valence-corrected chi connectivity index (χ0v) is 13.2. The van der Waals surface area contributed by atoms with Gasteiger partial charge in [-0.2, -0.15) is 13.2 Å². The van der Waals surface area contributed by atoms with Crippen LogP contribution in [0.25, 0.3) is 11.1 Å². The molecule has 0 amide bonds. The van der Waals surface area contributed by atoms with Gasteiger partial charge in [0.05, 0.1) is 17.7 Å². The van der Waals surface area contributed by atoms with Crippen molar-refractivity contribution in [1.82, 2.24) is 0 Å². The molecule has 0 aliphatic carbocycles.